The Balaban J connectivity index is 1.69. The molecule has 0 radical (unpaired) electrons. The number of halogens is 1. The van der Waals surface area contributed by atoms with Crippen LogP contribution in [0.3, 0.4) is 0 Å². The molecule has 2 heterocycles. The van der Waals surface area contributed by atoms with E-state index in [4.69, 9.17) is 16.3 Å². The van der Waals surface area contributed by atoms with Crippen LogP contribution in [0.25, 0.3) is 6.08 Å². The maximum Gasteiger partial charge on any atom is 0.329 e. The van der Waals surface area contributed by atoms with Crippen molar-refractivity contribution in [3.05, 3.63) is 40.5 Å². The third-order valence-electron chi connectivity index (χ3n) is 3.80. The number of imide groups is 1. The smallest absolute Gasteiger partial charge is 0.329 e. The van der Waals surface area contributed by atoms with Crippen molar-refractivity contribution in [2.75, 3.05) is 32.8 Å². The lowest BCUT2D eigenvalue weighted by molar-refractivity contribution is -0.139. The fraction of sp³-hybridized carbons (Fsp3) is 0.312. The number of hydrogen-bond donors (Lipinski definition) is 1. The molecule has 0 aromatic heterocycles. The third kappa shape index (κ3) is 3.58. The Morgan fingerprint density at radius 1 is 1.21 bits per heavy atom. The number of hydrogen-bond acceptors (Lipinski definition) is 4. The van der Waals surface area contributed by atoms with E-state index >= 15 is 0 Å². The number of rotatable bonds is 3. The van der Waals surface area contributed by atoms with Crippen molar-refractivity contribution in [3.8, 4) is 0 Å². The van der Waals surface area contributed by atoms with Crippen LogP contribution in [0.5, 0.6) is 0 Å². The van der Waals surface area contributed by atoms with Crippen molar-refractivity contribution in [2.24, 2.45) is 0 Å². The molecule has 24 heavy (non-hydrogen) atoms. The molecule has 2 aliphatic heterocycles. The average Bonchev–Trinajstić information content (AvgIpc) is 2.85. The fourth-order valence-corrected chi connectivity index (χ4v) is 2.61. The van der Waals surface area contributed by atoms with Crippen LogP contribution in [0.4, 0.5) is 4.79 Å². The summed E-state index contributed by atoms with van der Waals surface area (Å²) < 4.78 is 5.18. The number of ether oxygens (including phenoxy) is 1. The van der Waals surface area contributed by atoms with Gasteiger partial charge in [0, 0.05) is 18.1 Å². The molecule has 0 bridgehead atoms. The second-order valence-electron chi connectivity index (χ2n) is 5.42. The lowest BCUT2D eigenvalue weighted by atomic mass is 10.2. The summed E-state index contributed by atoms with van der Waals surface area (Å²) in [6.07, 6.45) is 1.55. The number of morpholine rings is 1. The van der Waals surface area contributed by atoms with Crippen LogP contribution < -0.4 is 5.32 Å². The summed E-state index contributed by atoms with van der Waals surface area (Å²) in [6.45, 7) is 1.59. The van der Waals surface area contributed by atoms with Crippen molar-refractivity contribution >= 4 is 35.5 Å². The van der Waals surface area contributed by atoms with E-state index in [2.05, 4.69) is 5.32 Å². The number of urea groups is 1. The van der Waals surface area contributed by atoms with Crippen LogP contribution >= 0.6 is 11.6 Å². The Bertz CT molecular complexity index is 696. The number of nitrogens with zero attached hydrogens (tertiary/aromatic N) is 2. The largest absolute Gasteiger partial charge is 0.378 e. The predicted octanol–water partition coefficient (Wildman–Crippen LogP) is 1.09. The standard InChI is InChI=1S/C16H16ClN3O4/c17-12-3-1-11(2-4-12)9-13-15(22)20(16(23)18-13)10-14(21)19-5-7-24-8-6-19/h1-4,9H,5-8,10H2,(H,18,23)/b13-9+. The maximum atomic E-state index is 12.4. The molecule has 2 aliphatic rings. The van der Waals surface area contributed by atoms with Crippen LogP contribution in [0.1, 0.15) is 5.56 Å². The molecule has 7 nitrogen and oxygen atoms in total. The molecule has 1 aromatic carbocycles. The molecule has 0 saturated carbocycles. The van der Waals surface area contributed by atoms with Gasteiger partial charge in [-0.15, -0.1) is 0 Å². The van der Waals surface area contributed by atoms with Gasteiger partial charge in [-0.1, -0.05) is 23.7 Å². The van der Waals surface area contributed by atoms with Crippen molar-refractivity contribution in [1.82, 2.24) is 15.1 Å². The Morgan fingerprint density at radius 2 is 1.88 bits per heavy atom. The number of carbonyl (C=O) groups is 3. The second-order valence-corrected chi connectivity index (χ2v) is 5.86. The monoisotopic (exact) mass is 349 g/mol. The summed E-state index contributed by atoms with van der Waals surface area (Å²) >= 11 is 5.82. The molecule has 0 aliphatic carbocycles. The first-order valence-electron chi connectivity index (χ1n) is 7.50. The zero-order chi connectivity index (χ0) is 17.1. The normalized spacial score (nSPS) is 19.8. The molecular weight excluding hydrogens is 334 g/mol. The minimum Gasteiger partial charge on any atom is -0.378 e. The molecule has 126 valence electrons. The first kappa shape index (κ1) is 16.5. The van der Waals surface area contributed by atoms with Gasteiger partial charge in [-0.05, 0) is 23.8 Å². The van der Waals surface area contributed by atoms with E-state index in [0.717, 1.165) is 10.5 Å². The zero-order valence-corrected chi connectivity index (χ0v) is 13.6. The van der Waals surface area contributed by atoms with E-state index in [-0.39, 0.29) is 18.1 Å². The van der Waals surface area contributed by atoms with Gasteiger partial charge < -0.3 is 15.0 Å². The van der Waals surface area contributed by atoms with Crippen molar-refractivity contribution in [2.45, 2.75) is 0 Å². The van der Waals surface area contributed by atoms with Crippen molar-refractivity contribution in [1.29, 1.82) is 0 Å². The SMILES string of the molecule is O=C(CN1C(=O)N/C(=C/c2ccc(Cl)cc2)C1=O)N1CCOCC1. The molecule has 2 saturated heterocycles. The lowest BCUT2D eigenvalue weighted by Gasteiger charge is -2.27. The highest BCUT2D eigenvalue weighted by Crippen LogP contribution is 2.16. The van der Waals surface area contributed by atoms with Crippen molar-refractivity contribution in [3.63, 3.8) is 0 Å². The highest BCUT2D eigenvalue weighted by molar-refractivity contribution is 6.30. The Labute approximate surface area is 143 Å². The Morgan fingerprint density at radius 3 is 2.54 bits per heavy atom. The number of carbonyl (C=O) groups excluding carboxylic acids is 3. The Kier molecular flexibility index (Phi) is 4.82. The molecule has 3 rings (SSSR count). The molecule has 0 unspecified atom stereocenters. The van der Waals surface area contributed by atoms with Gasteiger partial charge in [0.25, 0.3) is 5.91 Å². The highest BCUT2D eigenvalue weighted by atomic mass is 35.5. The van der Waals surface area contributed by atoms with E-state index in [1.54, 1.807) is 35.2 Å². The van der Waals surface area contributed by atoms with Crippen LogP contribution in [0.2, 0.25) is 5.02 Å². The molecule has 0 atom stereocenters. The van der Waals surface area contributed by atoms with E-state index in [0.29, 0.717) is 31.3 Å². The van der Waals surface area contributed by atoms with Gasteiger partial charge >= 0.3 is 6.03 Å². The fourth-order valence-electron chi connectivity index (χ4n) is 2.49. The average molecular weight is 350 g/mol. The van der Waals surface area contributed by atoms with Gasteiger partial charge in [0.1, 0.15) is 12.2 Å². The molecule has 4 amide bonds. The van der Waals surface area contributed by atoms with E-state index < -0.39 is 11.9 Å². The number of amides is 4. The number of benzene rings is 1. The molecule has 8 heteroatoms. The summed E-state index contributed by atoms with van der Waals surface area (Å²) in [6, 6.07) is 6.25. The topological polar surface area (TPSA) is 79.0 Å². The molecular formula is C16H16ClN3O4. The van der Waals surface area contributed by atoms with Gasteiger partial charge in [0.2, 0.25) is 5.91 Å². The highest BCUT2D eigenvalue weighted by Gasteiger charge is 2.36. The number of nitrogens with one attached hydrogen (secondary N) is 1. The first-order valence-corrected chi connectivity index (χ1v) is 7.88. The van der Waals surface area contributed by atoms with E-state index in [1.165, 1.54) is 0 Å². The first-order chi connectivity index (χ1) is 11.5. The maximum absolute atomic E-state index is 12.4. The van der Waals surface area contributed by atoms with Gasteiger partial charge in [0.15, 0.2) is 0 Å². The van der Waals surface area contributed by atoms with E-state index in [9.17, 15) is 14.4 Å². The van der Waals surface area contributed by atoms with Crippen LogP contribution in [0.15, 0.2) is 30.0 Å². The molecule has 1 N–H and O–H groups in total. The summed E-state index contributed by atoms with van der Waals surface area (Å²) in [5.74, 6) is -0.786. The van der Waals surface area contributed by atoms with Crippen LogP contribution in [-0.4, -0.2) is 60.5 Å². The lowest BCUT2D eigenvalue weighted by Crippen LogP contribution is -2.47. The third-order valence-corrected chi connectivity index (χ3v) is 4.05. The van der Waals surface area contributed by atoms with Gasteiger partial charge in [-0.2, -0.15) is 0 Å². The van der Waals surface area contributed by atoms with Gasteiger partial charge in [-0.3, -0.25) is 9.59 Å². The minimum absolute atomic E-state index is 0.136. The van der Waals surface area contributed by atoms with Crippen LogP contribution in [-0.2, 0) is 14.3 Å². The summed E-state index contributed by atoms with van der Waals surface area (Å²) in [5.41, 5.74) is 0.863. The van der Waals surface area contributed by atoms with Crippen molar-refractivity contribution < 1.29 is 19.1 Å². The molecule has 0 spiro atoms. The van der Waals surface area contributed by atoms with E-state index in [1.807, 2.05) is 0 Å². The molecule has 2 fully saturated rings. The summed E-state index contributed by atoms with van der Waals surface area (Å²) in [7, 11) is 0. The van der Waals surface area contributed by atoms with Crippen LogP contribution in [0, 0.1) is 0 Å². The zero-order valence-electron chi connectivity index (χ0n) is 12.8. The summed E-state index contributed by atoms with van der Waals surface area (Å²) in [4.78, 5) is 39.1. The Hall–Kier alpha value is -2.38. The second kappa shape index (κ2) is 7.02. The quantitative estimate of drug-likeness (QED) is 0.654. The minimum atomic E-state index is -0.596. The predicted molar refractivity (Wildman–Crippen MR) is 87.1 cm³/mol. The van der Waals surface area contributed by atoms with Gasteiger partial charge in [-0.25, -0.2) is 9.69 Å². The molecule has 1 aromatic rings. The van der Waals surface area contributed by atoms with Gasteiger partial charge in [0.05, 0.1) is 13.2 Å². The summed E-state index contributed by atoms with van der Waals surface area (Å²) in [5, 5.41) is 3.08.